The van der Waals surface area contributed by atoms with Gasteiger partial charge in [0, 0.05) is 11.3 Å². The van der Waals surface area contributed by atoms with E-state index in [1.807, 2.05) is 44.2 Å². The quantitative estimate of drug-likeness (QED) is 0.448. The summed E-state index contributed by atoms with van der Waals surface area (Å²) in [5.41, 5.74) is 4.69. The number of methoxy groups -OCH3 is 2. The molecule has 0 saturated carbocycles. The van der Waals surface area contributed by atoms with Crippen molar-refractivity contribution in [1.29, 1.82) is 0 Å². The van der Waals surface area contributed by atoms with Crippen molar-refractivity contribution >= 4 is 11.6 Å². The number of benzene rings is 3. The van der Waals surface area contributed by atoms with Crippen molar-refractivity contribution in [3.63, 3.8) is 0 Å². The first-order chi connectivity index (χ1) is 15.5. The van der Waals surface area contributed by atoms with Crippen LogP contribution in [0.1, 0.15) is 21.5 Å². The van der Waals surface area contributed by atoms with Gasteiger partial charge >= 0.3 is 0 Å². The molecule has 0 bridgehead atoms. The second kappa shape index (κ2) is 8.93. The first kappa shape index (κ1) is 21.1. The highest BCUT2D eigenvalue weighted by Crippen LogP contribution is 2.32. The smallest absolute Gasteiger partial charge is 0.259 e. The van der Waals surface area contributed by atoms with Gasteiger partial charge in [0.05, 0.1) is 25.3 Å². The lowest BCUT2D eigenvalue weighted by atomic mass is 10.1. The van der Waals surface area contributed by atoms with Crippen molar-refractivity contribution in [2.45, 2.75) is 13.8 Å². The van der Waals surface area contributed by atoms with Crippen LogP contribution in [0.2, 0.25) is 0 Å². The summed E-state index contributed by atoms with van der Waals surface area (Å²) in [7, 11) is 3.14. The van der Waals surface area contributed by atoms with Crippen molar-refractivity contribution in [3.8, 4) is 34.3 Å². The van der Waals surface area contributed by atoms with Gasteiger partial charge < -0.3 is 19.3 Å². The second-order valence-electron chi connectivity index (χ2n) is 7.29. The van der Waals surface area contributed by atoms with Crippen molar-refractivity contribution in [3.05, 3.63) is 77.4 Å². The van der Waals surface area contributed by atoms with Gasteiger partial charge in [-0.15, -0.1) is 0 Å². The Kier molecular flexibility index (Phi) is 5.89. The SMILES string of the molecule is COc1ccc(-c2noc(-c3ccccc3C(=O)Nc3ccc(C)c(C)c3)n2)cc1OC. The molecular formula is C25H23N3O4. The molecule has 1 N–H and O–H groups in total. The van der Waals surface area contributed by atoms with Gasteiger partial charge in [-0.2, -0.15) is 4.98 Å². The molecular weight excluding hydrogens is 406 g/mol. The molecule has 1 amide bonds. The Morgan fingerprint density at radius 2 is 1.69 bits per heavy atom. The number of aromatic nitrogens is 2. The zero-order chi connectivity index (χ0) is 22.7. The lowest BCUT2D eigenvalue weighted by Gasteiger charge is -2.09. The molecule has 7 nitrogen and oxygen atoms in total. The molecule has 0 fully saturated rings. The zero-order valence-electron chi connectivity index (χ0n) is 18.3. The molecule has 0 spiro atoms. The number of carbonyl (C=O) groups is 1. The van der Waals surface area contributed by atoms with Crippen LogP contribution in [0.5, 0.6) is 11.5 Å². The van der Waals surface area contributed by atoms with Gasteiger partial charge in [-0.3, -0.25) is 4.79 Å². The van der Waals surface area contributed by atoms with Crippen LogP contribution in [-0.2, 0) is 0 Å². The maximum Gasteiger partial charge on any atom is 0.259 e. The average Bonchev–Trinajstić information content (AvgIpc) is 3.31. The molecule has 0 unspecified atom stereocenters. The number of hydrogen-bond donors (Lipinski definition) is 1. The van der Waals surface area contributed by atoms with E-state index in [1.165, 1.54) is 0 Å². The van der Waals surface area contributed by atoms with E-state index in [4.69, 9.17) is 14.0 Å². The highest BCUT2D eigenvalue weighted by atomic mass is 16.5. The average molecular weight is 429 g/mol. The monoisotopic (exact) mass is 429 g/mol. The zero-order valence-corrected chi connectivity index (χ0v) is 18.3. The van der Waals surface area contributed by atoms with E-state index < -0.39 is 0 Å². The van der Waals surface area contributed by atoms with Crippen molar-refractivity contribution in [1.82, 2.24) is 10.1 Å². The van der Waals surface area contributed by atoms with Gasteiger partial charge in [0.1, 0.15) is 0 Å². The van der Waals surface area contributed by atoms with Gasteiger partial charge in [0.2, 0.25) is 5.82 Å². The molecule has 4 aromatic rings. The lowest BCUT2D eigenvalue weighted by Crippen LogP contribution is -2.13. The fourth-order valence-electron chi connectivity index (χ4n) is 3.31. The van der Waals surface area contributed by atoms with Gasteiger partial charge in [-0.1, -0.05) is 23.4 Å². The normalized spacial score (nSPS) is 10.6. The van der Waals surface area contributed by atoms with Gasteiger partial charge in [-0.05, 0) is 67.4 Å². The fourth-order valence-corrected chi connectivity index (χ4v) is 3.31. The van der Waals surface area contributed by atoms with Crippen LogP contribution in [0, 0.1) is 13.8 Å². The minimum atomic E-state index is -0.255. The maximum atomic E-state index is 13.0. The fraction of sp³-hybridized carbons (Fsp3) is 0.160. The van der Waals surface area contributed by atoms with Crippen LogP contribution in [0.4, 0.5) is 5.69 Å². The molecule has 1 aromatic heterocycles. The summed E-state index contributed by atoms with van der Waals surface area (Å²) in [6.07, 6.45) is 0. The van der Waals surface area contributed by atoms with Crippen LogP contribution in [0.25, 0.3) is 22.8 Å². The highest BCUT2D eigenvalue weighted by molar-refractivity contribution is 6.08. The number of amides is 1. The van der Waals surface area contributed by atoms with E-state index in [2.05, 4.69) is 15.5 Å². The van der Waals surface area contributed by atoms with E-state index in [0.29, 0.717) is 34.0 Å². The minimum Gasteiger partial charge on any atom is -0.493 e. The molecule has 0 aliphatic rings. The molecule has 0 radical (unpaired) electrons. The third-order valence-electron chi connectivity index (χ3n) is 5.23. The molecule has 0 atom stereocenters. The second-order valence-corrected chi connectivity index (χ2v) is 7.29. The Bertz CT molecular complexity index is 1280. The third kappa shape index (κ3) is 4.18. The van der Waals surface area contributed by atoms with Crippen LogP contribution >= 0.6 is 0 Å². The third-order valence-corrected chi connectivity index (χ3v) is 5.23. The molecule has 7 heteroatoms. The molecule has 0 saturated heterocycles. The van der Waals surface area contributed by atoms with Gasteiger partial charge in [-0.25, -0.2) is 0 Å². The number of carbonyl (C=O) groups excluding carboxylic acids is 1. The van der Waals surface area contributed by atoms with E-state index in [1.54, 1.807) is 44.6 Å². The van der Waals surface area contributed by atoms with Crippen LogP contribution in [0.3, 0.4) is 0 Å². The number of ether oxygens (including phenoxy) is 2. The maximum absolute atomic E-state index is 13.0. The highest BCUT2D eigenvalue weighted by Gasteiger charge is 2.19. The molecule has 0 aliphatic heterocycles. The summed E-state index contributed by atoms with van der Waals surface area (Å²) in [5.74, 6) is 1.54. The first-order valence-corrected chi connectivity index (χ1v) is 10.0. The Labute approximate surface area is 186 Å². The molecule has 4 rings (SSSR count). The molecule has 0 aliphatic carbocycles. The molecule has 162 valence electrons. The number of nitrogens with one attached hydrogen (secondary N) is 1. The number of nitrogens with zero attached hydrogens (tertiary/aromatic N) is 2. The van der Waals surface area contributed by atoms with Crippen molar-refractivity contribution in [2.24, 2.45) is 0 Å². The number of rotatable bonds is 6. The molecule has 32 heavy (non-hydrogen) atoms. The molecule has 1 heterocycles. The van der Waals surface area contributed by atoms with E-state index in [9.17, 15) is 4.79 Å². The number of hydrogen-bond acceptors (Lipinski definition) is 6. The summed E-state index contributed by atoms with van der Waals surface area (Å²) in [4.78, 5) is 17.5. The Morgan fingerprint density at radius 1 is 0.906 bits per heavy atom. The summed E-state index contributed by atoms with van der Waals surface area (Å²) in [6.45, 7) is 4.04. The molecule has 3 aromatic carbocycles. The lowest BCUT2D eigenvalue weighted by molar-refractivity contribution is 0.102. The van der Waals surface area contributed by atoms with Gasteiger partial charge in [0.15, 0.2) is 11.5 Å². The summed E-state index contributed by atoms with van der Waals surface area (Å²) in [6, 6.07) is 18.3. The Hall–Kier alpha value is -4.13. The minimum absolute atomic E-state index is 0.251. The van der Waals surface area contributed by atoms with Crippen molar-refractivity contribution < 1.29 is 18.8 Å². The van der Waals surface area contributed by atoms with Crippen LogP contribution in [-0.4, -0.2) is 30.3 Å². The number of aryl methyl sites for hydroxylation is 2. The van der Waals surface area contributed by atoms with Crippen LogP contribution in [0.15, 0.2) is 65.2 Å². The van der Waals surface area contributed by atoms with Gasteiger partial charge in [0.25, 0.3) is 11.8 Å². The largest absolute Gasteiger partial charge is 0.493 e. The standard InChI is InChI=1S/C25H23N3O4/c1-15-9-11-18(13-16(15)2)26-24(29)19-7-5-6-8-20(19)25-27-23(28-32-25)17-10-12-21(30-3)22(14-17)31-4/h5-14H,1-4H3,(H,26,29). The predicted molar refractivity (Wildman–Crippen MR) is 122 cm³/mol. The predicted octanol–water partition coefficient (Wildman–Crippen LogP) is 5.29. The summed E-state index contributed by atoms with van der Waals surface area (Å²) in [5, 5.41) is 7.03. The van der Waals surface area contributed by atoms with E-state index >= 15 is 0 Å². The van der Waals surface area contributed by atoms with Crippen LogP contribution < -0.4 is 14.8 Å². The van der Waals surface area contributed by atoms with Crippen molar-refractivity contribution in [2.75, 3.05) is 19.5 Å². The number of anilines is 1. The van der Waals surface area contributed by atoms with E-state index in [0.717, 1.165) is 16.8 Å². The summed E-state index contributed by atoms with van der Waals surface area (Å²) >= 11 is 0. The topological polar surface area (TPSA) is 86.5 Å². The summed E-state index contributed by atoms with van der Waals surface area (Å²) < 4.78 is 16.1. The Balaban J connectivity index is 1.64. The van der Waals surface area contributed by atoms with E-state index in [-0.39, 0.29) is 11.8 Å². The first-order valence-electron chi connectivity index (χ1n) is 10.0. The Morgan fingerprint density at radius 3 is 2.44 bits per heavy atom.